The Morgan fingerprint density at radius 3 is 2.24 bits per heavy atom. The Bertz CT molecular complexity index is 338. The van der Waals surface area contributed by atoms with Crippen LogP contribution >= 0.6 is 0 Å². The molecule has 1 unspecified atom stereocenters. The minimum atomic E-state index is -0.456. The number of carbonyl (C=O) groups excluding carboxylic acids is 1. The molecule has 1 fully saturated rings. The fraction of sp³-hybridized carbons (Fsp3) is 0.938. The van der Waals surface area contributed by atoms with Crippen molar-refractivity contribution in [2.75, 3.05) is 6.54 Å². The lowest BCUT2D eigenvalue weighted by molar-refractivity contribution is 0.0457. The quantitative estimate of drug-likeness (QED) is 0.729. The molecule has 0 saturated heterocycles. The van der Waals surface area contributed by atoms with Crippen LogP contribution in [0.2, 0.25) is 0 Å². The smallest absolute Gasteiger partial charge is 0.407 e. The van der Waals surface area contributed by atoms with Gasteiger partial charge in [-0.2, -0.15) is 0 Å². The second-order valence-corrected chi connectivity index (χ2v) is 8.34. The highest BCUT2D eigenvalue weighted by atomic mass is 16.6. The zero-order chi connectivity index (χ0) is 16.3. The van der Waals surface area contributed by atoms with Gasteiger partial charge in [0.15, 0.2) is 0 Å². The van der Waals surface area contributed by atoms with Gasteiger partial charge in [-0.1, -0.05) is 20.8 Å². The average Bonchev–Trinajstić information content (AvgIpc) is 2.15. The number of carbonyl (C=O) groups is 1. The molecule has 0 aromatic carbocycles. The molecule has 1 saturated carbocycles. The van der Waals surface area contributed by atoms with Gasteiger partial charge in [0.2, 0.25) is 0 Å². The van der Waals surface area contributed by atoms with Crippen LogP contribution in [0.25, 0.3) is 0 Å². The molecular formula is C16H32N2O3. The number of amides is 1. The van der Waals surface area contributed by atoms with E-state index in [1.165, 1.54) is 0 Å². The minimum Gasteiger partial charge on any atom is -0.444 e. The molecule has 0 aromatic rings. The number of ether oxygens (including phenoxy) is 1. The molecule has 0 aliphatic heterocycles. The van der Waals surface area contributed by atoms with E-state index in [9.17, 15) is 9.90 Å². The van der Waals surface area contributed by atoms with Gasteiger partial charge in [-0.25, -0.2) is 4.79 Å². The van der Waals surface area contributed by atoms with Gasteiger partial charge in [0.05, 0.1) is 6.10 Å². The molecule has 1 aliphatic carbocycles. The van der Waals surface area contributed by atoms with Crippen LogP contribution in [0, 0.1) is 5.41 Å². The number of hydrogen-bond acceptors (Lipinski definition) is 4. The molecule has 3 N–H and O–H groups in total. The van der Waals surface area contributed by atoms with E-state index in [0.717, 1.165) is 19.3 Å². The molecular weight excluding hydrogens is 268 g/mol. The molecule has 0 heterocycles. The molecule has 0 aromatic heterocycles. The highest BCUT2D eigenvalue weighted by molar-refractivity contribution is 5.68. The number of aliphatic hydroxyl groups is 1. The fourth-order valence-electron chi connectivity index (χ4n) is 2.46. The Kier molecular flexibility index (Phi) is 6.05. The van der Waals surface area contributed by atoms with Crippen LogP contribution < -0.4 is 10.6 Å². The van der Waals surface area contributed by atoms with Crippen molar-refractivity contribution in [2.45, 2.75) is 84.6 Å². The summed E-state index contributed by atoms with van der Waals surface area (Å²) in [5.41, 5.74) is -0.315. The van der Waals surface area contributed by atoms with Gasteiger partial charge in [-0.3, -0.25) is 0 Å². The maximum Gasteiger partial charge on any atom is 0.407 e. The Morgan fingerprint density at radius 2 is 1.76 bits per heavy atom. The molecule has 1 atom stereocenters. The first kappa shape index (κ1) is 18.2. The van der Waals surface area contributed by atoms with Crippen LogP contribution in [0.5, 0.6) is 0 Å². The summed E-state index contributed by atoms with van der Waals surface area (Å²) >= 11 is 0. The molecule has 0 spiro atoms. The third-order valence-electron chi connectivity index (χ3n) is 3.35. The molecule has 0 radical (unpaired) electrons. The van der Waals surface area contributed by atoms with E-state index in [1.807, 2.05) is 20.8 Å². The summed E-state index contributed by atoms with van der Waals surface area (Å²) in [6.45, 7) is 12.6. The molecule has 21 heavy (non-hydrogen) atoms. The standard InChI is InChI=1S/C16H32N2O3/c1-15(2,3)9-13(19)10-17-11-7-12(8-11)18-14(20)21-16(4,5)6/h11-13,17,19H,7-10H2,1-6H3,(H,18,20). The van der Waals surface area contributed by atoms with Crippen LogP contribution in [0.4, 0.5) is 4.79 Å². The summed E-state index contributed by atoms with van der Waals surface area (Å²) in [5, 5.41) is 16.2. The zero-order valence-electron chi connectivity index (χ0n) is 14.3. The third-order valence-corrected chi connectivity index (χ3v) is 3.35. The molecule has 0 bridgehead atoms. The normalized spacial score (nSPS) is 24.1. The van der Waals surface area contributed by atoms with Crippen LogP contribution in [0.15, 0.2) is 0 Å². The van der Waals surface area contributed by atoms with E-state index in [4.69, 9.17) is 4.74 Å². The topological polar surface area (TPSA) is 70.6 Å². The van der Waals surface area contributed by atoms with Crippen molar-refractivity contribution >= 4 is 6.09 Å². The summed E-state index contributed by atoms with van der Waals surface area (Å²) in [6, 6.07) is 0.552. The van der Waals surface area contributed by atoms with E-state index >= 15 is 0 Å². The van der Waals surface area contributed by atoms with Crippen molar-refractivity contribution in [1.29, 1.82) is 0 Å². The van der Waals surface area contributed by atoms with Gasteiger partial charge in [0.25, 0.3) is 0 Å². The SMILES string of the molecule is CC(C)(C)CC(O)CNC1CC(NC(=O)OC(C)(C)C)C1. The van der Waals surface area contributed by atoms with Gasteiger partial charge in [0.1, 0.15) is 5.60 Å². The van der Waals surface area contributed by atoms with Crippen LogP contribution in [-0.2, 0) is 4.74 Å². The number of hydrogen-bond donors (Lipinski definition) is 3. The van der Waals surface area contributed by atoms with E-state index < -0.39 is 5.60 Å². The maximum atomic E-state index is 11.6. The summed E-state index contributed by atoms with van der Waals surface area (Å²) in [4.78, 5) is 11.6. The molecule has 5 heteroatoms. The predicted molar refractivity (Wildman–Crippen MR) is 84.3 cm³/mol. The first-order valence-corrected chi connectivity index (χ1v) is 7.85. The Labute approximate surface area is 128 Å². The van der Waals surface area contributed by atoms with E-state index in [-0.39, 0.29) is 23.7 Å². The number of aliphatic hydroxyl groups excluding tert-OH is 1. The number of nitrogens with one attached hydrogen (secondary N) is 2. The predicted octanol–water partition coefficient (Wildman–Crippen LogP) is 2.43. The minimum absolute atomic E-state index is 0.140. The third kappa shape index (κ3) is 8.27. The Morgan fingerprint density at radius 1 is 1.19 bits per heavy atom. The van der Waals surface area contributed by atoms with Crippen molar-refractivity contribution in [2.24, 2.45) is 5.41 Å². The summed E-state index contributed by atoms with van der Waals surface area (Å²) in [5.74, 6) is 0. The Hall–Kier alpha value is -0.810. The van der Waals surface area contributed by atoms with Crippen molar-refractivity contribution in [1.82, 2.24) is 10.6 Å². The highest BCUT2D eigenvalue weighted by Gasteiger charge is 2.31. The van der Waals surface area contributed by atoms with Crippen molar-refractivity contribution < 1.29 is 14.6 Å². The molecule has 5 nitrogen and oxygen atoms in total. The lowest BCUT2D eigenvalue weighted by atomic mass is 9.86. The summed E-state index contributed by atoms with van der Waals surface area (Å²) < 4.78 is 5.22. The first-order chi connectivity index (χ1) is 9.44. The Balaban J connectivity index is 2.13. The summed E-state index contributed by atoms with van der Waals surface area (Å²) in [7, 11) is 0. The van der Waals surface area contributed by atoms with Gasteiger partial charge in [-0.15, -0.1) is 0 Å². The van der Waals surface area contributed by atoms with Gasteiger partial charge >= 0.3 is 6.09 Å². The maximum absolute atomic E-state index is 11.6. The van der Waals surface area contributed by atoms with E-state index in [2.05, 4.69) is 31.4 Å². The number of rotatable bonds is 5. The van der Waals surface area contributed by atoms with Crippen molar-refractivity contribution in [3.63, 3.8) is 0 Å². The largest absolute Gasteiger partial charge is 0.444 e. The highest BCUT2D eigenvalue weighted by Crippen LogP contribution is 2.23. The number of alkyl carbamates (subject to hydrolysis) is 1. The van der Waals surface area contributed by atoms with E-state index in [0.29, 0.717) is 12.6 Å². The van der Waals surface area contributed by atoms with Crippen molar-refractivity contribution in [3.8, 4) is 0 Å². The van der Waals surface area contributed by atoms with E-state index in [1.54, 1.807) is 0 Å². The van der Waals surface area contributed by atoms with Crippen LogP contribution in [-0.4, -0.2) is 41.5 Å². The lowest BCUT2D eigenvalue weighted by Gasteiger charge is -2.37. The van der Waals surface area contributed by atoms with Crippen LogP contribution in [0.1, 0.15) is 60.8 Å². The fourth-order valence-corrected chi connectivity index (χ4v) is 2.46. The zero-order valence-corrected chi connectivity index (χ0v) is 14.3. The first-order valence-electron chi connectivity index (χ1n) is 7.85. The molecule has 1 aliphatic rings. The second-order valence-electron chi connectivity index (χ2n) is 8.34. The lowest BCUT2D eigenvalue weighted by Crippen LogP contribution is -2.54. The molecule has 124 valence electrons. The molecule has 1 amide bonds. The van der Waals surface area contributed by atoms with Gasteiger partial charge in [-0.05, 0) is 45.4 Å². The van der Waals surface area contributed by atoms with Gasteiger partial charge < -0.3 is 20.5 Å². The van der Waals surface area contributed by atoms with Crippen molar-refractivity contribution in [3.05, 3.63) is 0 Å². The monoisotopic (exact) mass is 300 g/mol. The second kappa shape index (κ2) is 6.97. The molecule has 1 rings (SSSR count). The van der Waals surface area contributed by atoms with Crippen LogP contribution in [0.3, 0.4) is 0 Å². The average molecular weight is 300 g/mol. The van der Waals surface area contributed by atoms with Gasteiger partial charge in [0, 0.05) is 18.6 Å². The summed E-state index contributed by atoms with van der Waals surface area (Å²) in [6.07, 6.45) is 1.90.